The summed E-state index contributed by atoms with van der Waals surface area (Å²) in [4.78, 5) is 16.0. The molecule has 3 rings (SSSR count). The number of amides is 1. The highest BCUT2D eigenvalue weighted by molar-refractivity contribution is 9.10. The Balaban J connectivity index is 1.72. The van der Waals surface area contributed by atoms with Gasteiger partial charge >= 0.3 is 0 Å². The maximum atomic E-state index is 14.1. The van der Waals surface area contributed by atoms with Gasteiger partial charge < -0.3 is 10.6 Å². The van der Waals surface area contributed by atoms with E-state index >= 15 is 0 Å². The molecule has 126 valence electrons. The van der Waals surface area contributed by atoms with Crippen LogP contribution in [0.2, 0.25) is 0 Å². The first-order valence-electron chi connectivity index (χ1n) is 7.84. The van der Waals surface area contributed by atoms with E-state index in [1.165, 1.54) is 11.6 Å². The SMILES string of the molecule is NC(=O)c1c(F)cc(Br)cc1N1CCN(Cc2ccccc2)CC1. The molecule has 4 nitrogen and oxygen atoms in total. The van der Waals surface area contributed by atoms with Crippen molar-refractivity contribution in [2.45, 2.75) is 6.54 Å². The molecule has 0 bridgehead atoms. The normalized spacial score (nSPS) is 15.5. The fourth-order valence-corrected chi connectivity index (χ4v) is 3.46. The summed E-state index contributed by atoms with van der Waals surface area (Å²) < 4.78 is 14.7. The molecule has 1 fully saturated rings. The van der Waals surface area contributed by atoms with Gasteiger partial charge in [-0.05, 0) is 17.7 Å². The Kier molecular flexibility index (Phi) is 5.16. The quantitative estimate of drug-likeness (QED) is 0.871. The number of hydrogen-bond donors (Lipinski definition) is 1. The molecule has 0 radical (unpaired) electrons. The largest absolute Gasteiger partial charge is 0.368 e. The van der Waals surface area contributed by atoms with Gasteiger partial charge in [0.15, 0.2) is 0 Å². The maximum absolute atomic E-state index is 14.1. The Labute approximate surface area is 149 Å². The zero-order valence-corrected chi connectivity index (χ0v) is 14.8. The van der Waals surface area contributed by atoms with E-state index < -0.39 is 11.7 Å². The number of carbonyl (C=O) groups excluding carboxylic acids is 1. The molecule has 1 amide bonds. The molecule has 1 aliphatic rings. The van der Waals surface area contributed by atoms with E-state index in [0.29, 0.717) is 10.2 Å². The second kappa shape index (κ2) is 7.32. The summed E-state index contributed by atoms with van der Waals surface area (Å²) in [7, 11) is 0. The molecule has 0 atom stereocenters. The van der Waals surface area contributed by atoms with Gasteiger partial charge in [-0.1, -0.05) is 46.3 Å². The Morgan fingerprint density at radius 1 is 1.12 bits per heavy atom. The van der Waals surface area contributed by atoms with Gasteiger partial charge in [0.25, 0.3) is 5.91 Å². The van der Waals surface area contributed by atoms with E-state index in [1.54, 1.807) is 6.07 Å². The summed E-state index contributed by atoms with van der Waals surface area (Å²) in [6.45, 7) is 4.04. The lowest BCUT2D eigenvalue weighted by molar-refractivity contribution is 0.0996. The van der Waals surface area contributed by atoms with Crippen molar-refractivity contribution in [1.29, 1.82) is 0 Å². The molecule has 1 aliphatic heterocycles. The van der Waals surface area contributed by atoms with Gasteiger partial charge in [-0.3, -0.25) is 9.69 Å². The van der Waals surface area contributed by atoms with Gasteiger partial charge in [0.1, 0.15) is 5.82 Å². The van der Waals surface area contributed by atoms with E-state index in [0.717, 1.165) is 32.7 Å². The molecule has 0 saturated carbocycles. The molecule has 0 unspecified atom stereocenters. The predicted molar refractivity (Wildman–Crippen MR) is 96.5 cm³/mol. The Hall–Kier alpha value is -1.92. The first-order valence-corrected chi connectivity index (χ1v) is 8.64. The van der Waals surface area contributed by atoms with Gasteiger partial charge in [0.05, 0.1) is 11.3 Å². The number of halogens is 2. The van der Waals surface area contributed by atoms with Gasteiger partial charge in [-0.25, -0.2) is 4.39 Å². The second-order valence-electron chi connectivity index (χ2n) is 5.89. The highest BCUT2D eigenvalue weighted by Gasteiger charge is 2.23. The van der Waals surface area contributed by atoms with Crippen molar-refractivity contribution in [2.75, 3.05) is 31.1 Å². The Bertz CT molecular complexity index is 731. The van der Waals surface area contributed by atoms with E-state index in [2.05, 4.69) is 33.0 Å². The lowest BCUT2D eigenvalue weighted by atomic mass is 10.1. The number of rotatable bonds is 4. The molecule has 24 heavy (non-hydrogen) atoms. The predicted octanol–water partition coefficient (Wildman–Crippen LogP) is 3.01. The molecule has 6 heteroatoms. The van der Waals surface area contributed by atoms with Crippen molar-refractivity contribution in [3.63, 3.8) is 0 Å². The zero-order chi connectivity index (χ0) is 17.1. The third-order valence-electron chi connectivity index (χ3n) is 4.24. The van der Waals surface area contributed by atoms with Crippen LogP contribution in [0.4, 0.5) is 10.1 Å². The third kappa shape index (κ3) is 3.76. The lowest BCUT2D eigenvalue weighted by Crippen LogP contribution is -2.46. The number of hydrogen-bond acceptors (Lipinski definition) is 3. The maximum Gasteiger partial charge on any atom is 0.253 e. The Morgan fingerprint density at radius 2 is 1.79 bits per heavy atom. The van der Waals surface area contributed by atoms with Crippen molar-refractivity contribution in [2.24, 2.45) is 5.73 Å². The number of nitrogens with two attached hydrogens (primary N) is 1. The minimum Gasteiger partial charge on any atom is -0.368 e. The molecule has 0 aromatic heterocycles. The number of anilines is 1. The van der Waals surface area contributed by atoms with Crippen LogP contribution in [0.25, 0.3) is 0 Å². The number of nitrogens with zero attached hydrogens (tertiary/aromatic N) is 2. The van der Waals surface area contributed by atoms with Crippen LogP contribution >= 0.6 is 15.9 Å². The monoisotopic (exact) mass is 391 g/mol. The molecular weight excluding hydrogens is 373 g/mol. The Morgan fingerprint density at radius 3 is 2.42 bits per heavy atom. The van der Waals surface area contributed by atoms with Crippen LogP contribution in [-0.4, -0.2) is 37.0 Å². The van der Waals surface area contributed by atoms with Crippen LogP contribution in [0.1, 0.15) is 15.9 Å². The van der Waals surface area contributed by atoms with Gasteiger partial charge in [-0.15, -0.1) is 0 Å². The highest BCUT2D eigenvalue weighted by Crippen LogP contribution is 2.28. The number of benzene rings is 2. The zero-order valence-electron chi connectivity index (χ0n) is 13.2. The summed E-state index contributed by atoms with van der Waals surface area (Å²) in [5.74, 6) is -1.32. The summed E-state index contributed by atoms with van der Waals surface area (Å²) in [6, 6.07) is 13.3. The molecule has 1 saturated heterocycles. The standard InChI is InChI=1S/C18H19BrFN3O/c19-14-10-15(20)17(18(21)24)16(11-14)23-8-6-22(7-9-23)12-13-4-2-1-3-5-13/h1-5,10-11H,6-9,12H2,(H2,21,24). The third-order valence-corrected chi connectivity index (χ3v) is 4.70. The van der Waals surface area contributed by atoms with Crippen LogP contribution in [-0.2, 0) is 6.54 Å². The summed E-state index contributed by atoms with van der Waals surface area (Å²) in [5.41, 5.74) is 7.18. The first-order chi connectivity index (χ1) is 11.5. The van der Waals surface area contributed by atoms with E-state index in [9.17, 15) is 9.18 Å². The van der Waals surface area contributed by atoms with Crippen LogP contribution in [0, 0.1) is 5.82 Å². The van der Waals surface area contributed by atoms with E-state index in [4.69, 9.17) is 5.73 Å². The summed E-state index contributed by atoms with van der Waals surface area (Å²) in [6.07, 6.45) is 0. The number of primary amides is 1. The molecule has 1 heterocycles. The smallest absolute Gasteiger partial charge is 0.253 e. The fourth-order valence-electron chi connectivity index (χ4n) is 3.04. The van der Waals surface area contributed by atoms with Crippen molar-refractivity contribution in [1.82, 2.24) is 4.90 Å². The van der Waals surface area contributed by atoms with Crippen LogP contribution in [0.3, 0.4) is 0 Å². The topological polar surface area (TPSA) is 49.6 Å². The summed E-state index contributed by atoms with van der Waals surface area (Å²) >= 11 is 3.29. The van der Waals surface area contributed by atoms with E-state index in [-0.39, 0.29) is 5.56 Å². The first kappa shape index (κ1) is 16.9. The minimum absolute atomic E-state index is 0.0327. The van der Waals surface area contributed by atoms with Crippen molar-refractivity contribution >= 4 is 27.5 Å². The van der Waals surface area contributed by atoms with Crippen molar-refractivity contribution in [3.05, 3.63) is 63.9 Å². The van der Waals surface area contributed by atoms with Crippen LogP contribution < -0.4 is 10.6 Å². The van der Waals surface area contributed by atoms with E-state index in [1.807, 2.05) is 23.1 Å². The molecule has 0 aliphatic carbocycles. The van der Waals surface area contributed by atoms with Gasteiger partial charge in [0, 0.05) is 37.2 Å². The minimum atomic E-state index is -0.735. The van der Waals surface area contributed by atoms with Crippen LogP contribution in [0.5, 0.6) is 0 Å². The molecular formula is C18H19BrFN3O. The molecule has 2 N–H and O–H groups in total. The van der Waals surface area contributed by atoms with Crippen molar-refractivity contribution in [3.8, 4) is 0 Å². The average Bonchev–Trinajstić information content (AvgIpc) is 2.55. The highest BCUT2D eigenvalue weighted by atomic mass is 79.9. The van der Waals surface area contributed by atoms with Crippen LogP contribution in [0.15, 0.2) is 46.9 Å². The number of piperazine rings is 1. The summed E-state index contributed by atoms with van der Waals surface area (Å²) in [5, 5.41) is 0. The number of carbonyl (C=O) groups is 1. The fraction of sp³-hybridized carbons (Fsp3) is 0.278. The van der Waals surface area contributed by atoms with Crippen molar-refractivity contribution < 1.29 is 9.18 Å². The van der Waals surface area contributed by atoms with Gasteiger partial charge in [-0.2, -0.15) is 0 Å². The molecule has 2 aromatic rings. The molecule has 0 spiro atoms. The molecule has 2 aromatic carbocycles. The average molecular weight is 392 g/mol. The second-order valence-corrected chi connectivity index (χ2v) is 6.81. The van der Waals surface area contributed by atoms with Gasteiger partial charge in [0.2, 0.25) is 0 Å². The lowest BCUT2D eigenvalue weighted by Gasteiger charge is -2.37.